The van der Waals surface area contributed by atoms with Crippen LogP contribution >= 0.6 is 15.9 Å². The molecule has 2 aromatic rings. The number of hydrogen-bond acceptors (Lipinski definition) is 6. The van der Waals surface area contributed by atoms with Crippen LogP contribution in [0.2, 0.25) is 0 Å². The molecule has 7 heteroatoms. The predicted molar refractivity (Wildman–Crippen MR) is 128 cm³/mol. The zero-order valence-corrected chi connectivity index (χ0v) is 20.5. The Bertz CT molecular complexity index is 1150. The monoisotopic (exact) mass is 511 g/mol. The highest BCUT2D eigenvalue weighted by atomic mass is 79.9. The first-order valence-electron chi connectivity index (χ1n) is 10.8. The molecule has 1 aliphatic heterocycles. The van der Waals surface area contributed by atoms with Gasteiger partial charge in [0.05, 0.1) is 25.7 Å². The van der Waals surface area contributed by atoms with Crippen LogP contribution in [0.15, 0.2) is 69.5 Å². The van der Waals surface area contributed by atoms with Gasteiger partial charge in [0.25, 0.3) is 0 Å². The molecule has 1 heterocycles. The van der Waals surface area contributed by atoms with Gasteiger partial charge in [-0.25, -0.2) is 4.79 Å². The number of ether oxygens (including phenoxy) is 3. The maximum atomic E-state index is 13.4. The molecular formula is C26H26BrNO5. The summed E-state index contributed by atoms with van der Waals surface area (Å²) in [4.78, 5) is 26.5. The van der Waals surface area contributed by atoms with Crippen molar-refractivity contribution in [2.24, 2.45) is 0 Å². The highest BCUT2D eigenvalue weighted by molar-refractivity contribution is 9.10. The van der Waals surface area contributed by atoms with Crippen LogP contribution in [0.3, 0.4) is 0 Å². The summed E-state index contributed by atoms with van der Waals surface area (Å²) in [6, 6.07) is 13.0. The van der Waals surface area contributed by atoms with Crippen LogP contribution in [-0.4, -0.2) is 26.0 Å². The molecule has 0 fully saturated rings. The van der Waals surface area contributed by atoms with Crippen LogP contribution in [0.5, 0.6) is 11.5 Å². The SMILES string of the molecule is COc1ccc(COC(=O)C2=C(C)NC3=C(C(=O)CCC3)[C@@H]2c2cc(Br)ccc2OC)cc1. The predicted octanol–water partition coefficient (Wildman–Crippen LogP) is 5.18. The molecule has 2 aliphatic rings. The minimum atomic E-state index is -0.565. The second kappa shape index (κ2) is 9.83. The van der Waals surface area contributed by atoms with Crippen LogP contribution in [0, 0.1) is 0 Å². The molecule has 0 amide bonds. The highest BCUT2D eigenvalue weighted by Crippen LogP contribution is 2.46. The van der Waals surface area contributed by atoms with Gasteiger partial charge in [-0.2, -0.15) is 0 Å². The molecule has 33 heavy (non-hydrogen) atoms. The Labute approximate surface area is 201 Å². The maximum absolute atomic E-state index is 13.4. The van der Waals surface area contributed by atoms with Crippen molar-refractivity contribution >= 4 is 27.7 Å². The molecule has 0 saturated carbocycles. The van der Waals surface area contributed by atoms with Crippen molar-refractivity contribution in [2.45, 2.75) is 38.7 Å². The van der Waals surface area contributed by atoms with Crippen molar-refractivity contribution in [1.29, 1.82) is 0 Å². The van der Waals surface area contributed by atoms with E-state index in [2.05, 4.69) is 21.2 Å². The van der Waals surface area contributed by atoms with Crippen LogP contribution in [0.1, 0.15) is 43.2 Å². The number of Topliss-reactive ketones (excluding diaryl/α,β-unsaturated/α-hetero) is 1. The number of halogens is 1. The Morgan fingerprint density at radius 1 is 1.09 bits per heavy atom. The lowest BCUT2D eigenvalue weighted by atomic mass is 9.75. The van der Waals surface area contributed by atoms with Crippen molar-refractivity contribution in [3.8, 4) is 11.5 Å². The number of allylic oxidation sites excluding steroid dienone is 3. The smallest absolute Gasteiger partial charge is 0.337 e. The van der Waals surface area contributed by atoms with Crippen molar-refractivity contribution < 1.29 is 23.8 Å². The summed E-state index contributed by atoms with van der Waals surface area (Å²) in [5, 5.41) is 3.31. The number of dihydropyridines is 1. The number of rotatable bonds is 6. The molecule has 0 saturated heterocycles. The Morgan fingerprint density at radius 2 is 1.85 bits per heavy atom. The summed E-state index contributed by atoms with van der Waals surface area (Å²) in [7, 11) is 3.19. The number of benzene rings is 2. The van der Waals surface area contributed by atoms with E-state index in [0.29, 0.717) is 29.0 Å². The van der Waals surface area contributed by atoms with Gasteiger partial charge in [0.15, 0.2) is 5.78 Å². The maximum Gasteiger partial charge on any atom is 0.337 e. The lowest BCUT2D eigenvalue weighted by molar-refractivity contribution is -0.140. The summed E-state index contributed by atoms with van der Waals surface area (Å²) in [6.07, 6.45) is 2.01. The summed E-state index contributed by atoms with van der Waals surface area (Å²) in [5.41, 5.74) is 4.22. The second-order valence-electron chi connectivity index (χ2n) is 8.08. The molecule has 2 aromatic carbocycles. The normalized spacial score (nSPS) is 17.9. The fourth-order valence-corrected chi connectivity index (χ4v) is 4.82. The van der Waals surface area contributed by atoms with Crippen molar-refractivity contribution in [1.82, 2.24) is 5.32 Å². The first kappa shape index (κ1) is 23.1. The molecule has 1 N–H and O–H groups in total. The number of hydrogen-bond donors (Lipinski definition) is 1. The van der Waals surface area contributed by atoms with E-state index in [1.807, 2.05) is 49.4 Å². The number of nitrogens with one attached hydrogen (secondary N) is 1. The first-order chi connectivity index (χ1) is 15.9. The van der Waals surface area contributed by atoms with E-state index >= 15 is 0 Å². The van der Waals surface area contributed by atoms with Gasteiger partial charge in [-0.3, -0.25) is 4.79 Å². The van der Waals surface area contributed by atoms with Gasteiger partial charge < -0.3 is 19.5 Å². The number of methoxy groups -OCH3 is 2. The summed E-state index contributed by atoms with van der Waals surface area (Å²) in [5.74, 6) is 0.363. The lowest BCUT2D eigenvalue weighted by Gasteiger charge is -2.34. The fourth-order valence-electron chi connectivity index (χ4n) is 4.44. The van der Waals surface area contributed by atoms with Crippen LogP contribution in [0.25, 0.3) is 0 Å². The number of carbonyl (C=O) groups is 2. The van der Waals surface area contributed by atoms with Gasteiger partial charge in [0.2, 0.25) is 0 Å². The Morgan fingerprint density at radius 3 is 2.55 bits per heavy atom. The Balaban J connectivity index is 1.72. The Kier molecular flexibility index (Phi) is 6.88. The van der Waals surface area contributed by atoms with E-state index in [9.17, 15) is 9.59 Å². The molecule has 0 unspecified atom stereocenters. The molecule has 1 aliphatic carbocycles. The molecule has 0 bridgehead atoms. The minimum absolute atomic E-state index is 0.0451. The summed E-state index contributed by atoms with van der Waals surface area (Å²) < 4.78 is 17.4. The van der Waals surface area contributed by atoms with Gasteiger partial charge in [-0.1, -0.05) is 28.1 Å². The zero-order chi connectivity index (χ0) is 23.5. The molecule has 172 valence electrons. The number of ketones is 1. The number of carbonyl (C=O) groups excluding carboxylic acids is 2. The fraction of sp³-hybridized carbons (Fsp3) is 0.308. The lowest BCUT2D eigenvalue weighted by Crippen LogP contribution is -2.34. The average Bonchev–Trinajstić information content (AvgIpc) is 2.82. The van der Waals surface area contributed by atoms with Gasteiger partial charge >= 0.3 is 5.97 Å². The largest absolute Gasteiger partial charge is 0.497 e. The van der Waals surface area contributed by atoms with E-state index < -0.39 is 11.9 Å². The molecule has 0 spiro atoms. The average molecular weight is 512 g/mol. The molecule has 6 nitrogen and oxygen atoms in total. The molecule has 1 atom stereocenters. The van der Waals surface area contributed by atoms with E-state index in [1.54, 1.807) is 14.2 Å². The third kappa shape index (κ3) is 4.69. The quantitative estimate of drug-likeness (QED) is 0.538. The van der Waals surface area contributed by atoms with Crippen molar-refractivity contribution in [3.05, 3.63) is 80.6 Å². The standard InChI is InChI=1S/C26H26BrNO5/c1-15-23(26(30)33-14-16-7-10-18(31-2)11-8-16)24(19-13-17(27)9-12-22(19)32-3)25-20(28-15)5-4-6-21(25)29/h7-13,24,28H,4-6,14H2,1-3H3/t24-/m1/s1. The van der Waals surface area contributed by atoms with Crippen molar-refractivity contribution in [3.63, 3.8) is 0 Å². The minimum Gasteiger partial charge on any atom is -0.497 e. The van der Waals surface area contributed by atoms with E-state index in [1.165, 1.54) is 0 Å². The van der Waals surface area contributed by atoms with E-state index in [4.69, 9.17) is 14.2 Å². The first-order valence-corrected chi connectivity index (χ1v) is 11.6. The van der Waals surface area contributed by atoms with Gasteiger partial charge in [0.1, 0.15) is 18.1 Å². The molecule has 4 rings (SSSR count). The van der Waals surface area contributed by atoms with Gasteiger partial charge in [-0.15, -0.1) is 0 Å². The third-order valence-electron chi connectivity index (χ3n) is 6.03. The third-order valence-corrected chi connectivity index (χ3v) is 6.52. The van der Waals surface area contributed by atoms with E-state index in [-0.39, 0.29) is 12.4 Å². The van der Waals surface area contributed by atoms with Gasteiger partial charge in [0, 0.05) is 33.4 Å². The Hall–Kier alpha value is -3.06. The van der Waals surface area contributed by atoms with Gasteiger partial charge in [-0.05, 0) is 55.7 Å². The second-order valence-corrected chi connectivity index (χ2v) is 8.99. The molecule has 0 radical (unpaired) electrons. The van der Waals surface area contributed by atoms with Crippen LogP contribution in [-0.2, 0) is 20.9 Å². The van der Waals surface area contributed by atoms with E-state index in [0.717, 1.165) is 39.9 Å². The zero-order valence-electron chi connectivity index (χ0n) is 18.9. The summed E-state index contributed by atoms with van der Waals surface area (Å²) >= 11 is 3.53. The molecule has 0 aromatic heterocycles. The summed E-state index contributed by atoms with van der Waals surface area (Å²) in [6.45, 7) is 1.96. The number of esters is 1. The van der Waals surface area contributed by atoms with Crippen LogP contribution < -0.4 is 14.8 Å². The molecular weight excluding hydrogens is 486 g/mol. The highest BCUT2D eigenvalue weighted by Gasteiger charge is 2.40. The topological polar surface area (TPSA) is 73.9 Å². The van der Waals surface area contributed by atoms with Crippen molar-refractivity contribution in [2.75, 3.05) is 14.2 Å². The van der Waals surface area contributed by atoms with Crippen LogP contribution in [0.4, 0.5) is 0 Å².